The highest BCUT2D eigenvalue weighted by atomic mass is 16.5. The fourth-order valence-electron chi connectivity index (χ4n) is 2.30. The number of ketones is 1. The predicted octanol–water partition coefficient (Wildman–Crippen LogP) is 2.73. The number of benzene rings is 1. The molecule has 24 heavy (non-hydrogen) atoms. The number of carbonyl (C=O) groups excluding carboxylic acids is 2. The van der Waals surface area contributed by atoms with Gasteiger partial charge in [0, 0.05) is 25.8 Å². The first-order chi connectivity index (χ1) is 11.4. The molecule has 0 radical (unpaired) electrons. The van der Waals surface area contributed by atoms with Crippen molar-refractivity contribution in [1.29, 1.82) is 0 Å². The van der Waals surface area contributed by atoms with Gasteiger partial charge in [0.05, 0.1) is 12.7 Å². The van der Waals surface area contributed by atoms with Crippen LogP contribution in [0.3, 0.4) is 0 Å². The molecular weight excluding hydrogens is 310 g/mol. The second-order valence-corrected chi connectivity index (χ2v) is 5.68. The standard InChI is InChI=1S/C18H25NO5/c1-13-7-9-16(24-2)14(12-13)15(20)8-10-17(21)19-11-5-3-4-6-18(22)23/h7,9,12H,3-6,8,10-11H2,1-2H3,(H,19,21)(H,22,23). The molecule has 2 N–H and O–H groups in total. The van der Waals surface area contributed by atoms with E-state index in [1.807, 2.05) is 13.0 Å². The number of rotatable bonds is 11. The van der Waals surface area contributed by atoms with Crippen molar-refractivity contribution >= 4 is 17.7 Å². The van der Waals surface area contributed by atoms with Crippen LogP contribution in [0.15, 0.2) is 18.2 Å². The van der Waals surface area contributed by atoms with Crippen LogP contribution in [0.1, 0.15) is 54.4 Å². The van der Waals surface area contributed by atoms with Crippen molar-refractivity contribution in [1.82, 2.24) is 5.32 Å². The van der Waals surface area contributed by atoms with Gasteiger partial charge in [0.15, 0.2) is 5.78 Å². The van der Waals surface area contributed by atoms with Crippen LogP contribution in [0.4, 0.5) is 0 Å². The molecule has 1 aromatic rings. The minimum Gasteiger partial charge on any atom is -0.496 e. The summed E-state index contributed by atoms with van der Waals surface area (Å²) in [4.78, 5) is 34.4. The van der Waals surface area contributed by atoms with Gasteiger partial charge in [-0.05, 0) is 31.9 Å². The summed E-state index contributed by atoms with van der Waals surface area (Å²) in [6, 6.07) is 5.38. The van der Waals surface area contributed by atoms with Gasteiger partial charge < -0.3 is 15.2 Å². The summed E-state index contributed by atoms with van der Waals surface area (Å²) in [6.45, 7) is 2.40. The van der Waals surface area contributed by atoms with Crippen molar-refractivity contribution in [2.24, 2.45) is 0 Å². The number of hydrogen-bond acceptors (Lipinski definition) is 4. The molecule has 0 unspecified atom stereocenters. The molecule has 6 heteroatoms. The van der Waals surface area contributed by atoms with Crippen LogP contribution in [0.5, 0.6) is 5.75 Å². The molecule has 0 saturated heterocycles. The largest absolute Gasteiger partial charge is 0.496 e. The molecule has 132 valence electrons. The molecule has 0 atom stereocenters. The summed E-state index contributed by atoms with van der Waals surface area (Å²) in [6.07, 6.45) is 2.51. The Labute approximate surface area is 142 Å². The van der Waals surface area contributed by atoms with E-state index in [1.165, 1.54) is 7.11 Å². The molecule has 0 aromatic heterocycles. The first kappa shape index (κ1) is 19.7. The normalized spacial score (nSPS) is 10.2. The molecule has 0 heterocycles. The van der Waals surface area contributed by atoms with E-state index in [9.17, 15) is 14.4 Å². The maximum absolute atomic E-state index is 12.2. The zero-order chi connectivity index (χ0) is 17.9. The Bertz CT molecular complexity index is 583. The van der Waals surface area contributed by atoms with E-state index in [-0.39, 0.29) is 31.0 Å². The summed E-state index contributed by atoms with van der Waals surface area (Å²) in [7, 11) is 1.51. The quantitative estimate of drug-likeness (QED) is 0.479. The average Bonchev–Trinajstić information content (AvgIpc) is 2.55. The Morgan fingerprint density at radius 3 is 2.50 bits per heavy atom. The molecule has 0 aliphatic carbocycles. The molecule has 6 nitrogen and oxygen atoms in total. The molecule has 1 aromatic carbocycles. The van der Waals surface area contributed by atoms with Gasteiger partial charge in [-0.3, -0.25) is 14.4 Å². The van der Waals surface area contributed by atoms with E-state index in [1.54, 1.807) is 12.1 Å². The number of hydrogen-bond donors (Lipinski definition) is 2. The first-order valence-corrected chi connectivity index (χ1v) is 8.10. The Kier molecular flexibility index (Phi) is 8.54. The topological polar surface area (TPSA) is 92.7 Å². The van der Waals surface area contributed by atoms with E-state index in [0.29, 0.717) is 24.3 Å². The van der Waals surface area contributed by atoms with Gasteiger partial charge in [-0.2, -0.15) is 0 Å². The molecule has 0 fully saturated rings. The van der Waals surface area contributed by atoms with Gasteiger partial charge in [-0.15, -0.1) is 0 Å². The first-order valence-electron chi connectivity index (χ1n) is 8.10. The lowest BCUT2D eigenvalue weighted by Crippen LogP contribution is -2.24. The number of methoxy groups -OCH3 is 1. The lowest BCUT2D eigenvalue weighted by molar-refractivity contribution is -0.137. The molecule has 1 amide bonds. The Hall–Kier alpha value is -2.37. The van der Waals surface area contributed by atoms with Gasteiger partial charge in [-0.1, -0.05) is 18.1 Å². The lowest BCUT2D eigenvalue weighted by atomic mass is 10.0. The van der Waals surface area contributed by atoms with Crippen LogP contribution in [0.25, 0.3) is 0 Å². The number of carbonyl (C=O) groups is 3. The van der Waals surface area contributed by atoms with Crippen LogP contribution in [0, 0.1) is 6.92 Å². The number of carboxylic acids is 1. The lowest BCUT2D eigenvalue weighted by Gasteiger charge is -2.09. The van der Waals surface area contributed by atoms with Gasteiger partial charge in [-0.25, -0.2) is 0 Å². The minimum atomic E-state index is -0.802. The SMILES string of the molecule is COc1ccc(C)cc1C(=O)CCC(=O)NCCCCCC(=O)O. The fourth-order valence-corrected chi connectivity index (χ4v) is 2.30. The van der Waals surface area contributed by atoms with Crippen LogP contribution in [-0.2, 0) is 9.59 Å². The number of carboxylic acid groups (broad SMARTS) is 1. The van der Waals surface area contributed by atoms with E-state index >= 15 is 0 Å². The zero-order valence-electron chi connectivity index (χ0n) is 14.3. The molecule has 0 aliphatic heterocycles. The molecule has 1 rings (SSSR count). The van der Waals surface area contributed by atoms with Gasteiger partial charge in [0.25, 0.3) is 0 Å². The molecule has 0 spiro atoms. The Morgan fingerprint density at radius 2 is 1.83 bits per heavy atom. The summed E-state index contributed by atoms with van der Waals surface area (Å²) in [5.74, 6) is -0.575. The van der Waals surface area contributed by atoms with E-state index in [0.717, 1.165) is 18.4 Å². The fraction of sp³-hybridized carbons (Fsp3) is 0.500. The predicted molar refractivity (Wildman–Crippen MR) is 90.4 cm³/mol. The van der Waals surface area contributed by atoms with Crippen molar-refractivity contribution < 1.29 is 24.2 Å². The second kappa shape index (κ2) is 10.4. The van der Waals surface area contributed by atoms with Gasteiger partial charge in [0.1, 0.15) is 5.75 Å². The molecular formula is C18H25NO5. The number of unbranched alkanes of at least 4 members (excludes halogenated alkanes) is 2. The monoisotopic (exact) mass is 335 g/mol. The third kappa shape index (κ3) is 7.26. The van der Waals surface area contributed by atoms with E-state index in [2.05, 4.69) is 5.32 Å². The van der Waals surface area contributed by atoms with Gasteiger partial charge in [0.2, 0.25) is 5.91 Å². The van der Waals surface area contributed by atoms with Crippen LogP contribution in [-0.4, -0.2) is 36.4 Å². The summed E-state index contributed by atoms with van der Waals surface area (Å²) in [5.41, 5.74) is 1.46. The van der Waals surface area contributed by atoms with Gasteiger partial charge >= 0.3 is 5.97 Å². The van der Waals surface area contributed by atoms with E-state index in [4.69, 9.17) is 9.84 Å². The number of aryl methyl sites for hydroxylation is 1. The number of Topliss-reactive ketones (excluding diaryl/α,β-unsaturated/α-hetero) is 1. The second-order valence-electron chi connectivity index (χ2n) is 5.68. The minimum absolute atomic E-state index is 0.118. The van der Waals surface area contributed by atoms with Crippen molar-refractivity contribution in [3.05, 3.63) is 29.3 Å². The van der Waals surface area contributed by atoms with Crippen molar-refractivity contribution in [3.8, 4) is 5.75 Å². The maximum Gasteiger partial charge on any atom is 0.303 e. The number of ether oxygens (including phenoxy) is 1. The third-order valence-corrected chi connectivity index (χ3v) is 3.62. The number of amides is 1. The third-order valence-electron chi connectivity index (χ3n) is 3.62. The number of aliphatic carboxylic acids is 1. The molecule has 0 aliphatic rings. The number of nitrogens with one attached hydrogen (secondary N) is 1. The van der Waals surface area contributed by atoms with E-state index < -0.39 is 5.97 Å². The van der Waals surface area contributed by atoms with Crippen molar-refractivity contribution in [3.63, 3.8) is 0 Å². The van der Waals surface area contributed by atoms with Crippen LogP contribution < -0.4 is 10.1 Å². The maximum atomic E-state index is 12.2. The highest BCUT2D eigenvalue weighted by Crippen LogP contribution is 2.21. The Balaban J connectivity index is 2.30. The average molecular weight is 335 g/mol. The molecule has 0 bridgehead atoms. The van der Waals surface area contributed by atoms with Crippen molar-refractivity contribution in [2.75, 3.05) is 13.7 Å². The summed E-state index contributed by atoms with van der Waals surface area (Å²) in [5, 5.41) is 11.3. The van der Waals surface area contributed by atoms with Crippen LogP contribution in [0.2, 0.25) is 0 Å². The highest BCUT2D eigenvalue weighted by molar-refractivity contribution is 6.00. The summed E-state index contributed by atoms with van der Waals surface area (Å²) < 4.78 is 5.18. The smallest absolute Gasteiger partial charge is 0.303 e. The molecule has 0 saturated carbocycles. The van der Waals surface area contributed by atoms with Crippen LogP contribution >= 0.6 is 0 Å². The Morgan fingerprint density at radius 1 is 1.08 bits per heavy atom. The summed E-state index contributed by atoms with van der Waals surface area (Å²) >= 11 is 0. The highest BCUT2D eigenvalue weighted by Gasteiger charge is 2.14. The van der Waals surface area contributed by atoms with Crippen molar-refractivity contribution in [2.45, 2.75) is 45.4 Å². The zero-order valence-corrected chi connectivity index (χ0v) is 14.3.